The lowest BCUT2D eigenvalue weighted by atomic mass is 10.2. The van der Waals surface area contributed by atoms with Crippen LogP contribution in [0.3, 0.4) is 0 Å². The number of halogens is 1. The summed E-state index contributed by atoms with van der Waals surface area (Å²) < 4.78 is 37.3. The third-order valence-electron chi connectivity index (χ3n) is 3.21. The van der Waals surface area contributed by atoms with Crippen molar-refractivity contribution >= 4 is 15.7 Å². The topological polar surface area (TPSA) is 63.2 Å². The minimum absolute atomic E-state index is 0.0586. The summed E-state index contributed by atoms with van der Waals surface area (Å²) in [7, 11) is -3.92. The van der Waals surface area contributed by atoms with E-state index in [1.165, 1.54) is 18.2 Å². The van der Waals surface area contributed by atoms with Crippen LogP contribution in [0.25, 0.3) is 0 Å². The van der Waals surface area contributed by atoms with E-state index in [4.69, 9.17) is 0 Å². The number of carbonyl (C=O) groups excluding carboxylic acids is 1. The summed E-state index contributed by atoms with van der Waals surface area (Å²) in [5.74, 6) is -2.09. The number of nitrogens with one attached hydrogen (secondary N) is 1. The molecule has 1 aliphatic rings. The molecule has 1 fully saturated rings. The van der Waals surface area contributed by atoms with Crippen LogP contribution < -0.4 is 5.32 Å². The molecule has 0 aliphatic heterocycles. The molecule has 0 bridgehead atoms. The first kappa shape index (κ1) is 14.0. The fourth-order valence-electron chi connectivity index (χ4n) is 2.29. The predicted octanol–water partition coefficient (Wildman–Crippen LogP) is 1.66. The van der Waals surface area contributed by atoms with Gasteiger partial charge in [-0.05, 0) is 25.0 Å². The Morgan fingerprint density at radius 3 is 2.53 bits per heavy atom. The molecule has 1 aliphatic carbocycles. The summed E-state index contributed by atoms with van der Waals surface area (Å²) in [5, 5.41) is 2.68. The lowest BCUT2D eigenvalue weighted by Gasteiger charge is -2.12. The number of amides is 1. The molecule has 1 N–H and O–H groups in total. The van der Waals surface area contributed by atoms with E-state index in [1.54, 1.807) is 0 Å². The fraction of sp³-hybridized carbons (Fsp3) is 0.462. The van der Waals surface area contributed by atoms with Crippen LogP contribution >= 0.6 is 0 Å². The normalized spacial score (nSPS) is 16.5. The molecule has 0 unspecified atom stereocenters. The van der Waals surface area contributed by atoms with Crippen LogP contribution in [-0.4, -0.2) is 26.1 Å². The van der Waals surface area contributed by atoms with Crippen LogP contribution in [0.2, 0.25) is 0 Å². The maximum absolute atomic E-state index is 13.4. The molecule has 0 heterocycles. The molecule has 1 saturated carbocycles. The Labute approximate surface area is 111 Å². The van der Waals surface area contributed by atoms with Crippen molar-refractivity contribution in [2.45, 2.75) is 36.6 Å². The number of sulfone groups is 1. The Hall–Kier alpha value is -1.43. The molecular formula is C13H16FNO3S. The van der Waals surface area contributed by atoms with Crippen LogP contribution in [0.15, 0.2) is 29.2 Å². The van der Waals surface area contributed by atoms with Crippen LogP contribution in [0.1, 0.15) is 25.7 Å². The molecule has 0 saturated heterocycles. The van der Waals surface area contributed by atoms with Gasteiger partial charge >= 0.3 is 0 Å². The van der Waals surface area contributed by atoms with Crippen LogP contribution in [0, 0.1) is 5.82 Å². The summed E-state index contributed by atoms with van der Waals surface area (Å²) in [6, 6.07) is 5.15. The van der Waals surface area contributed by atoms with Crippen molar-refractivity contribution in [3.05, 3.63) is 30.1 Å². The quantitative estimate of drug-likeness (QED) is 0.915. The second kappa shape index (κ2) is 5.69. The van der Waals surface area contributed by atoms with Gasteiger partial charge in [0.15, 0.2) is 9.84 Å². The molecule has 0 spiro atoms. The molecule has 4 nitrogen and oxygen atoms in total. The summed E-state index contributed by atoms with van der Waals surface area (Å²) >= 11 is 0. The SMILES string of the molecule is O=C(CS(=O)(=O)c1ccccc1F)NC1CCCC1. The Morgan fingerprint density at radius 2 is 1.89 bits per heavy atom. The molecule has 2 rings (SSSR count). The maximum atomic E-state index is 13.4. The van der Waals surface area contributed by atoms with E-state index in [2.05, 4.69) is 5.32 Å². The molecule has 6 heteroatoms. The van der Waals surface area contributed by atoms with Crippen molar-refractivity contribution in [1.29, 1.82) is 0 Å². The molecule has 1 aromatic rings. The fourth-order valence-corrected chi connectivity index (χ4v) is 3.52. The Morgan fingerprint density at radius 1 is 1.26 bits per heavy atom. The summed E-state index contributed by atoms with van der Waals surface area (Å²) in [6.45, 7) is 0. The zero-order valence-electron chi connectivity index (χ0n) is 10.4. The van der Waals surface area contributed by atoms with E-state index >= 15 is 0 Å². The van der Waals surface area contributed by atoms with E-state index < -0.39 is 32.2 Å². The predicted molar refractivity (Wildman–Crippen MR) is 68.9 cm³/mol. The minimum Gasteiger partial charge on any atom is -0.352 e. The molecular weight excluding hydrogens is 269 g/mol. The van der Waals surface area contributed by atoms with Gasteiger partial charge in [0.25, 0.3) is 0 Å². The second-order valence-corrected chi connectivity index (χ2v) is 6.70. The molecule has 0 aromatic heterocycles. The Balaban J connectivity index is 2.05. The third kappa shape index (κ3) is 3.53. The maximum Gasteiger partial charge on any atom is 0.235 e. The van der Waals surface area contributed by atoms with Crippen LogP contribution in [0.4, 0.5) is 4.39 Å². The average molecular weight is 285 g/mol. The molecule has 19 heavy (non-hydrogen) atoms. The number of rotatable bonds is 4. The van der Waals surface area contributed by atoms with Gasteiger partial charge in [-0.2, -0.15) is 0 Å². The Bertz CT molecular complexity index is 565. The number of benzene rings is 1. The minimum atomic E-state index is -3.92. The first-order valence-corrected chi connectivity index (χ1v) is 7.91. The summed E-state index contributed by atoms with van der Waals surface area (Å²) in [5.41, 5.74) is 0. The lowest BCUT2D eigenvalue weighted by Crippen LogP contribution is -2.37. The van der Waals surface area contributed by atoms with Gasteiger partial charge in [0.2, 0.25) is 5.91 Å². The van der Waals surface area contributed by atoms with Gasteiger partial charge in [-0.1, -0.05) is 25.0 Å². The molecule has 1 amide bonds. The standard InChI is InChI=1S/C13H16FNO3S/c14-11-7-3-4-8-12(11)19(17,18)9-13(16)15-10-5-1-2-6-10/h3-4,7-8,10H,1-2,5-6,9H2,(H,15,16). The first-order valence-electron chi connectivity index (χ1n) is 6.26. The van der Waals surface area contributed by atoms with Gasteiger partial charge in [0.1, 0.15) is 16.5 Å². The average Bonchev–Trinajstić information content (AvgIpc) is 2.81. The summed E-state index contributed by atoms with van der Waals surface area (Å²) in [4.78, 5) is 11.3. The van der Waals surface area contributed by atoms with E-state index in [-0.39, 0.29) is 6.04 Å². The van der Waals surface area contributed by atoms with Crippen molar-refractivity contribution in [2.24, 2.45) is 0 Å². The van der Waals surface area contributed by atoms with Crippen molar-refractivity contribution in [1.82, 2.24) is 5.32 Å². The van der Waals surface area contributed by atoms with Crippen molar-refractivity contribution in [3.8, 4) is 0 Å². The first-order chi connectivity index (χ1) is 8.99. The zero-order chi connectivity index (χ0) is 13.9. The lowest BCUT2D eigenvalue weighted by molar-refractivity contribution is -0.119. The van der Waals surface area contributed by atoms with E-state index in [1.807, 2.05) is 0 Å². The molecule has 0 atom stereocenters. The molecule has 0 radical (unpaired) electrons. The van der Waals surface area contributed by atoms with Crippen molar-refractivity contribution in [2.75, 3.05) is 5.75 Å². The highest BCUT2D eigenvalue weighted by Gasteiger charge is 2.24. The van der Waals surface area contributed by atoms with Gasteiger partial charge in [0.05, 0.1) is 0 Å². The molecule has 104 valence electrons. The number of hydrogen-bond acceptors (Lipinski definition) is 3. The highest BCUT2D eigenvalue weighted by molar-refractivity contribution is 7.92. The van der Waals surface area contributed by atoms with Gasteiger partial charge in [-0.25, -0.2) is 12.8 Å². The largest absolute Gasteiger partial charge is 0.352 e. The third-order valence-corrected chi connectivity index (χ3v) is 4.86. The van der Waals surface area contributed by atoms with Gasteiger partial charge in [-0.15, -0.1) is 0 Å². The van der Waals surface area contributed by atoms with Gasteiger partial charge in [0, 0.05) is 6.04 Å². The van der Waals surface area contributed by atoms with E-state index in [0.717, 1.165) is 31.7 Å². The monoisotopic (exact) mass is 285 g/mol. The van der Waals surface area contributed by atoms with Gasteiger partial charge in [-0.3, -0.25) is 4.79 Å². The number of hydrogen-bond donors (Lipinski definition) is 1. The van der Waals surface area contributed by atoms with Crippen molar-refractivity contribution in [3.63, 3.8) is 0 Å². The Kier molecular flexibility index (Phi) is 4.19. The highest BCUT2D eigenvalue weighted by atomic mass is 32.2. The van der Waals surface area contributed by atoms with Crippen LogP contribution in [-0.2, 0) is 14.6 Å². The smallest absolute Gasteiger partial charge is 0.235 e. The van der Waals surface area contributed by atoms with Crippen LogP contribution in [0.5, 0.6) is 0 Å². The van der Waals surface area contributed by atoms with Gasteiger partial charge < -0.3 is 5.32 Å². The molecule has 1 aromatic carbocycles. The van der Waals surface area contributed by atoms with Crippen molar-refractivity contribution < 1.29 is 17.6 Å². The second-order valence-electron chi connectivity index (χ2n) is 4.74. The summed E-state index contributed by atoms with van der Waals surface area (Å²) in [6.07, 6.45) is 3.85. The zero-order valence-corrected chi connectivity index (χ0v) is 11.2. The number of carbonyl (C=O) groups is 1. The van der Waals surface area contributed by atoms with E-state index in [0.29, 0.717) is 0 Å². The highest BCUT2D eigenvalue weighted by Crippen LogP contribution is 2.18. The van der Waals surface area contributed by atoms with E-state index in [9.17, 15) is 17.6 Å².